The molecule has 2 aromatic rings. The van der Waals surface area contributed by atoms with Crippen molar-refractivity contribution in [3.05, 3.63) is 41.6 Å². The molecule has 138 valence electrons. The van der Waals surface area contributed by atoms with Crippen LogP contribution in [0.1, 0.15) is 43.2 Å². The van der Waals surface area contributed by atoms with Crippen LogP contribution < -0.4 is 0 Å². The number of hydrogen-bond donors (Lipinski definition) is 2. The van der Waals surface area contributed by atoms with Crippen LogP contribution in [0, 0.1) is 0 Å². The third-order valence-corrected chi connectivity index (χ3v) is 6.91. The molecule has 0 unspecified atom stereocenters. The zero-order valence-electron chi connectivity index (χ0n) is 15.7. The maximum atomic E-state index is 11.2. The van der Waals surface area contributed by atoms with E-state index >= 15 is 0 Å². The Balaban J connectivity index is 1.50. The first-order valence-corrected chi connectivity index (χ1v) is 10.1. The molecule has 1 atom stereocenters. The highest BCUT2D eigenvalue weighted by Crippen LogP contribution is 2.38. The summed E-state index contributed by atoms with van der Waals surface area (Å²) in [6, 6.07) is 7.23. The van der Waals surface area contributed by atoms with E-state index in [9.17, 15) is 5.11 Å². The summed E-state index contributed by atoms with van der Waals surface area (Å²) in [7, 11) is 2.13. The number of benzene rings is 1. The Hall–Kier alpha value is -1.62. The van der Waals surface area contributed by atoms with Crippen molar-refractivity contribution in [2.75, 3.05) is 33.2 Å². The van der Waals surface area contributed by atoms with Crippen molar-refractivity contribution in [2.45, 2.75) is 43.7 Å². The first-order chi connectivity index (χ1) is 12.6. The summed E-state index contributed by atoms with van der Waals surface area (Å²) in [6.07, 6.45) is 10.0. The third kappa shape index (κ3) is 2.72. The molecule has 3 aliphatic heterocycles. The number of hydrogen-bond acceptors (Lipinski definition) is 3. The summed E-state index contributed by atoms with van der Waals surface area (Å²) in [6.45, 7) is 4.25. The summed E-state index contributed by atoms with van der Waals surface area (Å²) >= 11 is 0. The fourth-order valence-corrected chi connectivity index (χ4v) is 5.10. The molecule has 5 rings (SSSR count). The van der Waals surface area contributed by atoms with Crippen LogP contribution in [0.5, 0.6) is 0 Å². The van der Waals surface area contributed by atoms with E-state index in [1.807, 2.05) is 0 Å². The normalized spacial score (nSPS) is 26.8. The lowest BCUT2D eigenvalue weighted by Crippen LogP contribution is -2.40. The highest BCUT2D eigenvalue weighted by molar-refractivity contribution is 5.93. The van der Waals surface area contributed by atoms with E-state index in [2.05, 4.69) is 52.3 Å². The average molecular weight is 351 g/mol. The third-order valence-electron chi connectivity index (χ3n) is 6.91. The molecular formula is C22H29N3O. The Kier molecular flexibility index (Phi) is 3.96. The summed E-state index contributed by atoms with van der Waals surface area (Å²) in [4.78, 5) is 8.37. The van der Waals surface area contributed by atoms with Crippen LogP contribution in [0.2, 0.25) is 0 Å². The second-order valence-corrected chi connectivity index (χ2v) is 8.52. The number of piperidine rings is 1. The smallest absolute Gasteiger partial charge is 0.0921 e. The Morgan fingerprint density at radius 3 is 2.88 bits per heavy atom. The highest BCUT2D eigenvalue weighted by Gasteiger charge is 2.33. The number of rotatable bonds is 2. The van der Waals surface area contributed by atoms with E-state index in [0.717, 1.165) is 50.5 Å². The number of fused-ring (bicyclic) bond motifs is 2. The van der Waals surface area contributed by atoms with Gasteiger partial charge in [0.25, 0.3) is 0 Å². The molecule has 4 heterocycles. The van der Waals surface area contributed by atoms with Gasteiger partial charge >= 0.3 is 0 Å². The standard InChI is InChI=1S/C22H29N3O/c1-24-11-7-22(26,8-12-24)17-4-5-21-19(14-17)20(15-23-21)16-6-10-25-9-2-3-18(25)13-16/h4-6,14-15,18,23,26H,2-3,7-13H2,1H3/t18-/m1/s1. The van der Waals surface area contributed by atoms with E-state index in [4.69, 9.17) is 0 Å². The number of aromatic amines is 1. The van der Waals surface area contributed by atoms with Gasteiger partial charge < -0.3 is 15.0 Å². The SMILES string of the molecule is CN1CCC(O)(c2ccc3[nH]cc(C4=CCN5CCC[C@@H]5C4)c3c2)CC1. The molecule has 0 aliphatic carbocycles. The molecule has 0 radical (unpaired) electrons. The topological polar surface area (TPSA) is 42.5 Å². The second-order valence-electron chi connectivity index (χ2n) is 8.52. The Morgan fingerprint density at radius 1 is 1.19 bits per heavy atom. The summed E-state index contributed by atoms with van der Waals surface area (Å²) < 4.78 is 0. The van der Waals surface area contributed by atoms with Crippen molar-refractivity contribution < 1.29 is 5.11 Å². The van der Waals surface area contributed by atoms with Gasteiger partial charge in [0.2, 0.25) is 0 Å². The number of aromatic nitrogens is 1. The molecule has 1 aromatic carbocycles. The minimum absolute atomic E-state index is 0.682. The zero-order valence-corrected chi connectivity index (χ0v) is 15.7. The van der Waals surface area contributed by atoms with Gasteiger partial charge in [-0.05, 0) is 69.0 Å². The molecule has 4 nitrogen and oxygen atoms in total. The van der Waals surface area contributed by atoms with E-state index in [0.29, 0.717) is 0 Å². The minimum Gasteiger partial charge on any atom is -0.385 e. The van der Waals surface area contributed by atoms with Crippen LogP contribution in [-0.4, -0.2) is 59.2 Å². The predicted octanol–water partition coefficient (Wildman–Crippen LogP) is 3.33. The van der Waals surface area contributed by atoms with Crippen LogP contribution in [0.3, 0.4) is 0 Å². The quantitative estimate of drug-likeness (QED) is 0.872. The molecule has 0 bridgehead atoms. The van der Waals surface area contributed by atoms with Gasteiger partial charge in [-0.1, -0.05) is 12.1 Å². The van der Waals surface area contributed by atoms with Crippen molar-refractivity contribution in [2.24, 2.45) is 0 Å². The lowest BCUT2D eigenvalue weighted by Gasteiger charge is -2.37. The molecule has 4 heteroatoms. The van der Waals surface area contributed by atoms with Gasteiger partial charge in [-0.15, -0.1) is 0 Å². The zero-order chi connectivity index (χ0) is 17.7. The summed E-state index contributed by atoms with van der Waals surface area (Å²) in [5.74, 6) is 0. The van der Waals surface area contributed by atoms with Crippen molar-refractivity contribution in [1.82, 2.24) is 14.8 Å². The Morgan fingerprint density at radius 2 is 2.04 bits per heavy atom. The fraction of sp³-hybridized carbons (Fsp3) is 0.545. The van der Waals surface area contributed by atoms with Crippen molar-refractivity contribution in [3.63, 3.8) is 0 Å². The number of aliphatic hydroxyl groups is 1. The molecule has 0 spiro atoms. The predicted molar refractivity (Wildman–Crippen MR) is 106 cm³/mol. The molecule has 2 saturated heterocycles. The molecule has 0 saturated carbocycles. The van der Waals surface area contributed by atoms with Crippen LogP contribution >= 0.6 is 0 Å². The second kappa shape index (κ2) is 6.22. The lowest BCUT2D eigenvalue weighted by molar-refractivity contribution is -0.0202. The minimum atomic E-state index is -0.682. The van der Waals surface area contributed by atoms with Crippen LogP contribution in [0.25, 0.3) is 16.5 Å². The van der Waals surface area contributed by atoms with Gasteiger partial charge in [-0.2, -0.15) is 0 Å². The molecule has 26 heavy (non-hydrogen) atoms. The molecular weight excluding hydrogens is 322 g/mol. The molecule has 1 aromatic heterocycles. The van der Waals surface area contributed by atoms with E-state index in [1.165, 1.54) is 41.4 Å². The first-order valence-electron chi connectivity index (χ1n) is 10.1. The van der Waals surface area contributed by atoms with Gasteiger partial charge in [0.1, 0.15) is 0 Å². The average Bonchev–Trinajstić information content (AvgIpc) is 3.29. The Bertz CT molecular complexity index is 844. The lowest BCUT2D eigenvalue weighted by atomic mass is 9.83. The van der Waals surface area contributed by atoms with Crippen molar-refractivity contribution in [3.8, 4) is 0 Å². The highest BCUT2D eigenvalue weighted by atomic mass is 16.3. The summed E-state index contributed by atoms with van der Waals surface area (Å²) in [5, 5.41) is 12.5. The van der Waals surface area contributed by atoms with Gasteiger partial charge in [0.15, 0.2) is 0 Å². The molecule has 2 fully saturated rings. The number of H-pyrrole nitrogens is 1. The summed E-state index contributed by atoms with van der Waals surface area (Å²) in [5.41, 5.74) is 4.39. The number of nitrogens with one attached hydrogen (secondary N) is 1. The monoisotopic (exact) mass is 351 g/mol. The van der Waals surface area contributed by atoms with Gasteiger partial charge in [-0.3, -0.25) is 4.90 Å². The van der Waals surface area contributed by atoms with Crippen LogP contribution in [0.4, 0.5) is 0 Å². The maximum Gasteiger partial charge on any atom is 0.0921 e. The van der Waals surface area contributed by atoms with E-state index in [-0.39, 0.29) is 0 Å². The fourth-order valence-electron chi connectivity index (χ4n) is 5.10. The van der Waals surface area contributed by atoms with Crippen molar-refractivity contribution in [1.29, 1.82) is 0 Å². The van der Waals surface area contributed by atoms with Crippen LogP contribution in [0.15, 0.2) is 30.5 Å². The number of nitrogens with zero attached hydrogens (tertiary/aromatic N) is 2. The molecule has 3 aliphatic rings. The largest absolute Gasteiger partial charge is 0.385 e. The van der Waals surface area contributed by atoms with Gasteiger partial charge in [0.05, 0.1) is 5.60 Å². The van der Waals surface area contributed by atoms with Crippen LogP contribution in [-0.2, 0) is 5.60 Å². The molecule has 2 N–H and O–H groups in total. The number of likely N-dealkylation sites (tertiary alicyclic amines) is 1. The maximum absolute atomic E-state index is 11.2. The van der Waals surface area contributed by atoms with E-state index < -0.39 is 5.60 Å². The Labute approximate surface area is 155 Å². The molecule has 0 amide bonds. The van der Waals surface area contributed by atoms with E-state index in [1.54, 1.807) is 0 Å². The van der Waals surface area contributed by atoms with Gasteiger partial charge in [-0.25, -0.2) is 0 Å². The van der Waals surface area contributed by atoms with Gasteiger partial charge in [0, 0.05) is 48.3 Å². The first kappa shape index (κ1) is 16.5. The van der Waals surface area contributed by atoms with Crippen molar-refractivity contribution >= 4 is 16.5 Å².